The van der Waals surface area contributed by atoms with Crippen molar-refractivity contribution >= 4 is 46.3 Å². The highest BCUT2D eigenvalue weighted by Gasteiger charge is 2.20. The zero-order chi connectivity index (χ0) is 16.2. The second-order valence-electron chi connectivity index (χ2n) is 3.66. The van der Waals surface area contributed by atoms with Crippen molar-refractivity contribution in [1.82, 2.24) is 4.98 Å². The van der Waals surface area contributed by atoms with Crippen LogP contribution in [0.3, 0.4) is 0 Å². The smallest absolute Gasteiger partial charge is 0.362 e. The number of hydrogen-bond acceptors (Lipinski definition) is 8. The van der Waals surface area contributed by atoms with Gasteiger partial charge < -0.3 is 14.9 Å². The summed E-state index contributed by atoms with van der Waals surface area (Å²) in [5, 5.41) is 8.18. The lowest BCUT2D eigenvalue weighted by Gasteiger charge is -2.04. The van der Waals surface area contributed by atoms with Crippen molar-refractivity contribution in [1.29, 1.82) is 0 Å². The molecule has 9 heteroatoms. The minimum atomic E-state index is -0.621. The molecule has 0 radical (unpaired) electrons. The summed E-state index contributed by atoms with van der Waals surface area (Å²) in [5.41, 5.74) is 0.275. The zero-order valence-electron chi connectivity index (χ0n) is 12.1. The third kappa shape index (κ3) is 6.27. The number of nitrogens with one attached hydrogen (secondary N) is 1. The highest BCUT2D eigenvalue weighted by Crippen LogP contribution is 2.16. The largest absolute Gasteiger partial charge is 0.461 e. The molecule has 0 spiro atoms. The van der Waals surface area contributed by atoms with E-state index in [2.05, 4.69) is 22.0 Å². The Hall–Kier alpha value is -1.87. The van der Waals surface area contributed by atoms with Gasteiger partial charge in [-0.1, -0.05) is 11.2 Å². The molecule has 1 amide bonds. The highest BCUT2D eigenvalue weighted by atomic mass is 32.2. The maximum Gasteiger partial charge on any atom is 0.362 e. The van der Waals surface area contributed by atoms with Crippen LogP contribution in [-0.4, -0.2) is 47.8 Å². The molecule has 0 unspecified atom stereocenters. The van der Waals surface area contributed by atoms with Gasteiger partial charge in [-0.2, -0.15) is 11.8 Å². The molecule has 0 aromatic carbocycles. The monoisotopic (exact) mass is 343 g/mol. The Morgan fingerprint density at radius 3 is 3.14 bits per heavy atom. The molecule has 120 valence electrons. The Labute approximate surface area is 136 Å². The first kappa shape index (κ1) is 18.2. The summed E-state index contributed by atoms with van der Waals surface area (Å²) in [4.78, 5) is 31.5. The number of thioether (sulfide) groups is 1. The van der Waals surface area contributed by atoms with Gasteiger partial charge in [0, 0.05) is 16.9 Å². The Morgan fingerprint density at radius 1 is 1.64 bits per heavy atom. The van der Waals surface area contributed by atoms with Gasteiger partial charge in [0.1, 0.15) is 12.3 Å². The number of carbonyl (C=O) groups excluding carboxylic acids is 2. The van der Waals surface area contributed by atoms with E-state index in [0.717, 1.165) is 11.5 Å². The fourth-order valence-electron chi connectivity index (χ4n) is 1.26. The van der Waals surface area contributed by atoms with Crippen LogP contribution in [0.1, 0.15) is 12.6 Å². The van der Waals surface area contributed by atoms with Crippen molar-refractivity contribution in [3.8, 4) is 0 Å². The first-order valence-corrected chi connectivity index (χ1v) is 8.48. The predicted molar refractivity (Wildman–Crippen MR) is 88.4 cm³/mol. The van der Waals surface area contributed by atoms with Gasteiger partial charge in [-0.3, -0.25) is 4.79 Å². The Kier molecular flexibility index (Phi) is 8.92. The van der Waals surface area contributed by atoms with E-state index in [1.54, 1.807) is 30.1 Å². The lowest BCUT2D eigenvalue weighted by Crippen LogP contribution is -2.20. The minimum absolute atomic E-state index is 0.0224. The normalized spacial score (nSPS) is 10.9. The lowest BCUT2D eigenvalue weighted by atomic mass is 10.3. The predicted octanol–water partition coefficient (Wildman–Crippen LogP) is 1.91. The van der Waals surface area contributed by atoms with Crippen molar-refractivity contribution in [2.24, 2.45) is 5.16 Å². The number of amides is 1. The van der Waals surface area contributed by atoms with E-state index < -0.39 is 5.97 Å². The van der Waals surface area contributed by atoms with Crippen LogP contribution in [0, 0.1) is 0 Å². The zero-order valence-corrected chi connectivity index (χ0v) is 13.7. The van der Waals surface area contributed by atoms with E-state index in [1.165, 1.54) is 11.3 Å². The average molecular weight is 343 g/mol. The molecule has 0 saturated carbocycles. The quantitative estimate of drug-likeness (QED) is 0.165. The van der Waals surface area contributed by atoms with Crippen LogP contribution in [0.2, 0.25) is 0 Å². The third-order valence-corrected chi connectivity index (χ3v) is 3.81. The molecule has 0 saturated heterocycles. The lowest BCUT2D eigenvalue weighted by molar-refractivity contribution is -0.135. The second kappa shape index (κ2) is 10.8. The number of anilines is 1. The number of oxime groups is 1. The summed E-state index contributed by atoms with van der Waals surface area (Å²) < 4.78 is 4.93. The van der Waals surface area contributed by atoms with Gasteiger partial charge in [0.05, 0.1) is 6.61 Å². The molecule has 7 nitrogen and oxygen atoms in total. The van der Waals surface area contributed by atoms with Crippen LogP contribution in [0.15, 0.2) is 23.2 Å². The van der Waals surface area contributed by atoms with Crippen LogP contribution in [0.25, 0.3) is 0 Å². The number of aromatic nitrogens is 1. The van der Waals surface area contributed by atoms with Gasteiger partial charge >= 0.3 is 5.97 Å². The molecule has 1 aromatic rings. The molecule has 1 N–H and O–H groups in total. The van der Waals surface area contributed by atoms with Gasteiger partial charge in [-0.25, -0.2) is 9.78 Å². The van der Waals surface area contributed by atoms with Crippen molar-refractivity contribution in [3.05, 3.63) is 23.7 Å². The molecular weight excluding hydrogens is 326 g/mol. The molecule has 22 heavy (non-hydrogen) atoms. The highest BCUT2D eigenvalue weighted by molar-refractivity contribution is 7.99. The maximum absolute atomic E-state index is 11.9. The maximum atomic E-state index is 11.9. The van der Waals surface area contributed by atoms with Gasteiger partial charge in [0.25, 0.3) is 0 Å². The van der Waals surface area contributed by atoms with Crippen molar-refractivity contribution < 1.29 is 19.2 Å². The number of carbonyl (C=O) groups is 2. The first-order chi connectivity index (χ1) is 10.7. The molecule has 1 heterocycles. The van der Waals surface area contributed by atoms with Crippen LogP contribution in [0.5, 0.6) is 0 Å². The molecular formula is C13H17N3O4S2. The second-order valence-corrected chi connectivity index (χ2v) is 5.67. The molecule has 0 aliphatic carbocycles. The van der Waals surface area contributed by atoms with Crippen molar-refractivity contribution in [3.63, 3.8) is 0 Å². The van der Waals surface area contributed by atoms with Crippen LogP contribution in [-0.2, 0) is 19.2 Å². The van der Waals surface area contributed by atoms with Gasteiger partial charge in [-0.15, -0.1) is 17.9 Å². The van der Waals surface area contributed by atoms with E-state index in [4.69, 9.17) is 9.57 Å². The third-order valence-electron chi connectivity index (χ3n) is 2.11. The van der Waals surface area contributed by atoms with E-state index in [1.807, 2.05) is 0 Å². The standard InChI is InChI=1S/C13H17N3O4S2/c1-3-6-21-7-5-20-16-11(12(18)19-4-2)10-8-22-13(15-10)14-9-17/h3,8-9H,1,4-7H2,2H3,(H,14,15,17). The fraction of sp³-hybridized carbons (Fsp3) is 0.385. The van der Waals surface area contributed by atoms with Gasteiger partial charge in [0.15, 0.2) is 5.13 Å². The minimum Gasteiger partial charge on any atom is -0.461 e. The van der Waals surface area contributed by atoms with Gasteiger partial charge in [0.2, 0.25) is 12.1 Å². The van der Waals surface area contributed by atoms with Crippen LogP contribution < -0.4 is 5.32 Å². The van der Waals surface area contributed by atoms with E-state index in [0.29, 0.717) is 23.8 Å². The number of esters is 1. The molecule has 0 aliphatic rings. The number of hydrogen-bond donors (Lipinski definition) is 1. The molecule has 1 aromatic heterocycles. The summed E-state index contributed by atoms with van der Waals surface area (Å²) in [5.74, 6) is 0.926. The van der Waals surface area contributed by atoms with Crippen molar-refractivity contribution in [2.45, 2.75) is 6.92 Å². The SMILES string of the molecule is C=CCSCCON=C(C(=O)OCC)c1csc(NC=O)n1. The number of nitrogens with zero attached hydrogens (tertiary/aromatic N) is 2. The topological polar surface area (TPSA) is 89.9 Å². The van der Waals surface area contributed by atoms with Crippen LogP contribution in [0.4, 0.5) is 5.13 Å². The summed E-state index contributed by atoms with van der Waals surface area (Å²) in [6.45, 7) is 5.89. The fourth-order valence-corrected chi connectivity index (χ4v) is 2.44. The molecule has 0 aliphatic heterocycles. The Morgan fingerprint density at radius 2 is 2.45 bits per heavy atom. The summed E-state index contributed by atoms with van der Waals surface area (Å²) in [6.07, 6.45) is 2.31. The van der Waals surface area contributed by atoms with E-state index >= 15 is 0 Å². The number of thiazole rings is 1. The van der Waals surface area contributed by atoms with E-state index in [9.17, 15) is 9.59 Å². The Balaban J connectivity index is 2.71. The number of rotatable bonds is 11. The molecule has 0 fully saturated rings. The summed E-state index contributed by atoms with van der Waals surface area (Å²) in [6, 6.07) is 0. The first-order valence-electron chi connectivity index (χ1n) is 6.44. The molecule has 0 bridgehead atoms. The van der Waals surface area contributed by atoms with E-state index in [-0.39, 0.29) is 12.3 Å². The van der Waals surface area contributed by atoms with Crippen molar-refractivity contribution in [2.75, 3.05) is 30.0 Å². The van der Waals surface area contributed by atoms with Gasteiger partial charge in [-0.05, 0) is 6.92 Å². The molecule has 0 atom stereocenters. The molecule has 1 rings (SSSR count). The summed E-state index contributed by atoms with van der Waals surface area (Å²) in [7, 11) is 0. The average Bonchev–Trinajstić information content (AvgIpc) is 2.95. The number of ether oxygens (including phenoxy) is 1. The van der Waals surface area contributed by atoms with Crippen LogP contribution >= 0.6 is 23.1 Å². The summed E-state index contributed by atoms with van der Waals surface area (Å²) >= 11 is 2.81. The Bertz CT molecular complexity index is 531.